The van der Waals surface area contributed by atoms with Gasteiger partial charge in [0.05, 0.1) is 11.3 Å². The molecule has 3 N–H and O–H groups in total. The van der Waals surface area contributed by atoms with Crippen molar-refractivity contribution in [2.75, 3.05) is 33.2 Å². The zero-order valence-electron chi connectivity index (χ0n) is 14.5. The molecule has 2 heterocycles. The number of hydrogen-bond donors (Lipinski definition) is 2. The largest absolute Gasteiger partial charge is 0.478 e. The molecule has 1 aliphatic heterocycles. The highest BCUT2D eigenvalue weighted by atomic mass is 16.4. The number of piperazine rings is 1. The third kappa shape index (κ3) is 4.34. The lowest BCUT2D eigenvalue weighted by atomic mass is 10.2. The van der Waals surface area contributed by atoms with Gasteiger partial charge >= 0.3 is 5.97 Å². The van der Waals surface area contributed by atoms with Crippen molar-refractivity contribution >= 4 is 17.7 Å². The van der Waals surface area contributed by atoms with Crippen LogP contribution in [0, 0.1) is 0 Å². The van der Waals surface area contributed by atoms with Crippen LogP contribution in [0.4, 0.5) is 0 Å². The predicted molar refractivity (Wildman–Crippen MR) is 94.6 cm³/mol. The molecule has 0 unspecified atom stereocenters. The minimum atomic E-state index is -1.07. The molecule has 1 aliphatic rings. The van der Waals surface area contributed by atoms with Crippen LogP contribution < -0.4 is 5.73 Å². The second-order valence-electron chi connectivity index (χ2n) is 5.63. The van der Waals surface area contributed by atoms with Crippen molar-refractivity contribution in [1.29, 1.82) is 0 Å². The number of nitrogens with zero attached hydrogens (tertiary/aromatic N) is 4. The fraction of sp³-hybridized carbons (Fsp3) is 0.412. The monoisotopic (exact) mass is 345 g/mol. The van der Waals surface area contributed by atoms with Crippen molar-refractivity contribution in [3.8, 4) is 0 Å². The minimum absolute atomic E-state index is 0.0587. The number of pyridine rings is 1. The molecule has 1 aromatic heterocycles. The van der Waals surface area contributed by atoms with Crippen molar-refractivity contribution in [2.45, 2.75) is 13.3 Å². The summed E-state index contributed by atoms with van der Waals surface area (Å²) in [6.45, 7) is 4.33. The van der Waals surface area contributed by atoms with Crippen LogP contribution >= 0.6 is 0 Å². The molecule has 0 radical (unpaired) electrons. The van der Waals surface area contributed by atoms with E-state index in [1.165, 1.54) is 18.3 Å². The molecular weight excluding hydrogens is 322 g/mol. The summed E-state index contributed by atoms with van der Waals surface area (Å²) >= 11 is 0. The van der Waals surface area contributed by atoms with Gasteiger partial charge in [0.2, 0.25) is 0 Å². The van der Waals surface area contributed by atoms with E-state index in [2.05, 4.69) is 14.9 Å². The van der Waals surface area contributed by atoms with Gasteiger partial charge in [-0.05, 0) is 18.6 Å². The Morgan fingerprint density at radius 2 is 1.92 bits per heavy atom. The molecule has 2 rings (SSSR count). The van der Waals surface area contributed by atoms with Gasteiger partial charge in [0.15, 0.2) is 0 Å². The van der Waals surface area contributed by atoms with Crippen LogP contribution in [0.25, 0.3) is 0 Å². The topological polar surface area (TPSA) is 112 Å². The maximum absolute atomic E-state index is 12.5. The maximum Gasteiger partial charge on any atom is 0.337 e. The Bertz CT molecular complexity index is 689. The average Bonchev–Trinajstić information content (AvgIpc) is 2.62. The van der Waals surface area contributed by atoms with Gasteiger partial charge in [-0.1, -0.05) is 13.0 Å². The normalized spacial score (nSPS) is 16.1. The van der Waals surface area contributed by atoms with Gasteiger partial charge in [-0.2, -0.15) is 0 Å². The lowest BCUT2D eigenvalue weighted by Gasteiger charge is -2.36. The first-order valence-corrected chi connectivity index (χ1v) is 8.14. The lowest BCUT2D eigenvalue weighted by Crippen LogP contribution is -2.51. The zero-order valence-corrected chi connectivity index (χ0v) is 14.5. The Morgan fingerprint density at radius 3 is 2.40 bits per heavy atom. The maximum atomic E-state index is 12.5. The Kier molecular flexibility index (Phi) is 6.10. The predicted octanol–water partition coefficient (Wildman–Crippen LogP) is 0.818. The summed E-state index contributed by atoms with van der Waals surface area (Å²) in [5, 5.41) is 8.88. The summed E-state index contributed by atoms with van der Waals surface area (Å²) in [4.78, 5) is 35.3. The number of carboxylic acid groups (broad SMARTS) is 1. The Labute approximate surface area is 146 Å². The first-order chi connectivity index (χ1) is 12.0. The fourth-order valence-corrected chi connectivity index (χ4v) is 2.69. The van der Waals surface area contributed by atoms with Gasteiger partial charge in [0.1, 0.15) is 11.5 Å². The number of hydrogen-bond acceptors (Lipinski definition) is 5. The van der Waals surface area contributed by atoms with Crippen LogP contribution in [0.3, 0.4) is 0 Å². The van der Waals surface area contributed by atoms with Crippen molar-refractivity contribution in [3.05, 3.63) is 41.4 Å². The van der Waals surface area contributed by atoms with E-state index in [-0.39, 0.29) is 17.2 Å². The number of aromatic carboxylic acids is 1. The molecule has 0 aliphatic carbocycles. The van der Waals surface area contributed by atoms with Crippen molar-refractivity contribution < 1.29 is 14.7 Å². The third-order valence-corrected chi connectivity index (χ3v) is 3.99. The molecule has 0 aromatic carbocycles. The molecule has 8 nitrogen and oxygen atoms in total. The van der Waals surface area contributed by atoms with E-state index in [9.17, 15) is 9.59 Å². The molecule has 1 amide bonds. The van der Waals surface area contributed by atoms with E-state index in [0.717, 1.165) is 12.3 Å². The van der Waals surface area contributed by atoms with Crippen molar-refractivity contribution in [3.63, 3.8) is 0 Å². The number of amidine groups is 1. The second-order valence-corrected chi connectivity index (χ2v) is 5.63. The molecule has 0 atom stereocenters. The quantitative estimate of drug-likeness (QED) is 0.617. The summed E-state index contributed by atoms with van der Waals surface area (Å²) in [5.41, 5.74) is 7.00. The van der Waals surface area contributed by atoms with E-state index < -0.39 is 5.97 Å². The summed E-state index contributed by atoms with van der Waals surface area (Å²) in [7, 11) is 1.71. The molecule has 0 bridgehead atoms. The molecule has 25 heavy (non-hydrogen) atoms. The van der Waals surface area contributed by atoms with E-state index in [4.69, 9.17) is 10.8 Å². The van der Waals surface area contributed by atoms with Crippen LogP contribution in [0.1, 0.15) is 34.2 Å². The Hall–Kier alpha value is -2.90. The van der Waals surface area contributed by atoms with E-state index >= 15 is 0 Å². The van der Waals surface area contributed by atoms with Gasteiger partial charge in [-0.15, -0.1) is 0 Å². The molecule has 1 saturated heterocycles. The molecular formula is C17H23N5O3. The Morgan fingerprint density at radius 1 is 1.28 bits per heavy atom. The summed E-state index contributed by atoms with van der Waals surface area (Å²) in [6.07, 6.45) is 3.96. The first kappa shape index (κ1) is 18.4. The number of amides is 1. The lowest BCUT2D eigenvalue weighted by molar-refractivity contribution is 0.0675. The number of carboxylic acids is 1. The van der Waals surface area contributed by atoms with Gasteiger partial charge in [-0.25, -0.2) is 4.79 Å². The highest BCUT2D eigenvalue weighted by molar-refractivity contribution is 5.98. The summed E-state index contributed by atoms with van der Waals surface area (Å²) < 4.78 is 0. The molecule has 0 saturated carbocycles. The van der Waals surface area contributed by atoms with Crippen LogP contribution in [-0.2, 0) is 0 Å². The fourth-order valence-electron chi connectivity index (χ4n) is 2.69. The standard InChI is InChI=1S/C17H23N5O3/c1-3-4-13(18)15(19-2)21-7-9-22(10-8-21)16(23)14-6-5-12(11-20-14)17(24)25/h4-6,11H,3,7-10,18H2,1-2H3,(H,24,25)/b13-4+,19-15?. The van der Waals surface area contributed by atoms with Crippen LogP contribution in [0.15, 0.2) is 35.1 Å². The number of allylic oxidation sites excluding steroid dienone is 1. The number of carbonyl (C=O) groups excluding carboxylic acids is 1. The summed E-state index contributed by atoms with van der Waals surface area (Å²) in [6, 6.07) is 2.83. The second kappa shape index (κ2) is 8.27. The van der Waals surface area contributed by atoms with Gasteiger partial charge in [0, 0.05) is 39.4 Å². The highest BCUT2D eigenvalue weighted by Gasteiger charge is 2.25. The van der Waals surface area contributed by atoms with E-state index in [1.807, 2.05) is 13.0 Å². The average molecular weight is 345 g/mol. The smallest absolute Gasteiger partial charge is 0.337 e. The SMILES string of the molecule is CC/C=C(/N)C(=NC)N1CCN(C(=O)c2ccc(C(=O)O)cn2)CC1. The van der Waals surface area contributed by atoms with E-state index in [1.54, 1.807) is 11.9 Å². The van der Waals surface area contributed by atoms with E-state index in [0.29, 0.717) is 31.9 Å². The van der Waals surface area contributed by atoms with Crippen LogP contribution in [0.5, 0.6) is 0 Å². The molecule has 1 fully saturated rings. The van der Waals surface area contributed by atoms with Crippen LogP contribution in [0.2, 0.25) is 0 Å². The number of rotatable bonds is 4. The third-order valence-electron chi connectivity index (χ3n) is 3.99. The first-order valence-electron chi connectivity index (χ1n) is 8.14. The van der Waals surface area contributed by atoms with Gasteiger partial charge < -0.3 is 20.6 Å². The van der Waals surface area contributed by atoms with Crippen LogP contribution in [-0.4, -0.2) is 70.8 Å². The van der Waals surface area contributed by atoms with Crippen molar-refractivity contribution in [1.82, 2.24) is 14.8 Å². The number of nitrogens with two attached hydrogens (primary N) is 1. The zero-order chi connectivity index (χ0) is 18.4. The number of aliphatic imine (C=N–C) groups is 1. The number of aromatic nitrogens is 1. The molecule has 1 aromatic rings. The molecule has 134 valence electrons. The molecule has 8 heteroatoms. The van der Waals surface area contributed by atoms with Gasteiger partial charge in [0.25, 0.3) is 5.91 Å². The van der Waals surface area contributed by atoms with Gasteiger partial charge in [-0.3, -0.25) is 14.8 Å². The Balaban J connectivity index is 2.00. The van der Waals surface area contributed by atoms with Crippen molar-refractivity contribution in [2.24, 2.45) is 10.7 Å². The highest BCUT2D eigenvalue weighted by Crippen LogP contribution is 2.10. The molecule has 0 spiro atoms. The minimum Gasteiger partial charge on any atom is -0.478 e. The summed E-state index contributed by atoms with van der Waals surface area (Å²) in [5.74, 6) is -0.522. The number of carbonyl (C=O) groups is 2.